The Morgan fingerprint density at radius 2 is 1.88 bits per heavy atom. The molecule has 2 N–H and O–H groups in total. The summed E-state index contributed by atoms with van der Waals surface area (Å²) in [5.41, 5.74) is -0.796. The molecule has 1 heterocycles. The minimum atomic E-state index is -0.968. The molecule has 0 aliphatic carbocycles. The van der Waals surface area contributed by atoms with Gasteiger partial charge in [-0.05, 0) is 18.6 Å². The van der Waals surface area contributed by atoms with Crippen LogP contribution in [0.3, 0.4) is 0 Å². The number of ether oxygens (including phenoxy) is 1. The van der Waals surface area contributed by atoms with Crippen LogP contribution >= 0.6 is 0 Å². The molecule has 2 amide bonds. The molecule has 0 saturated carbocycles. The average molecular weight is 346 g/mol. The Bertz CT molecular complexity index is 842. The summed E-state index contributed by atoms with van der Waals surface area (Å²) in [7, 11) is 0. The molecule has 2 aromatic rings. The van der Waals surface area contributed by atoms with Crippen LogP contribution in [0.2, 0.25) is 0 Å². The minimum Gasteiger partial charge on any atom is -0.452 e. The summed E-state index contributed by atoms with van der Waals surface area (Å²) in [5, 5.41) is 5.46. The van der Waals surface area contributed by atoms with Crippen LogP contribution in [0, 0.1) is 0 Å². The first-order chi connectivity index (χ1) is 12.0. The van der Waals surface area contributed by atoms with Gasteiger partial charge in [-0.3, -0.25) is 9.59 Å². The molecule has 0 aliphatic heterocycles. The Balaban J connectivity index is 1.90. The van der Waals surface area contributed by atoms with E-state index in [9.17, 15) is 19.2 Å². The van der Waals surface area contributed by atoms with Gasteiger partial charge in [0.15, 0.2) is 6.61 Å². The molecule has 0 atom stereocenters. The van der Waals surface area contributed by atoms with Crippen LogP contribution in [0.5, 0.6) is 0 Å². The second kappa shape index (κ2) is 8.62. The number of para-hydroxylation sites is 1. The third-order valence-electron chi connectivity index (χ3n) is 3.21. The highest BCUT2D eigenvalue weighted by atomic mass is 16.5. The van der Waals surface area contributed by atoms with E-state index >= 15 is 0 Å². The molecule has 0 spiro atoms. The standard InChI is InChI=1S/C17H18N2O6/c1-2-7-18-14(20)9-19-15(21)10-24-16(22)12-8-11-5-3-4-6-13(11)25-17(12)23/h3-6,8H,2,7,9-10H2,1H3,(H,18,20)(H,19,21). The number of hydrogen-bond donors (Lipinski definition) is 2. The molecule has 0 bridgehead atoms. The van der Waals surface area contributed by atoms with E-state index < -0.39 is 24.1 Å². The molecule has 1 aromatic heterocycles. The van der Waals surface area contributed by atoms with E-state index in [0.29, 0.717) is 17.5 Å². The Kier molecular flexibility index (Phi) is 6.27. The third kappa shape index (κ3) is 5.17. The zero-order valence-corrected chi connectivity index (χ0v) is 13.7. The van der Waals surface area contributed by atoms with Crippen molar-refractivity contribution in [2.24, 2.45) is 0 Å². The van der Waals surface area contributed by atoms with Crippen molar-refractivity contribution in [2.75, 3.05) is 19.7 Å². The molecule has 132 valence electrons. The van der Waals surface area contributed by atoms with E-state index in [4.69, 9.17) is 9.15 Å². The van der Waals surface area contributed by atoms with Gasteiger partial charge < -0.3 is 19.8 Å². The van der Waals surface area contributed by atoms with Crippen LogP contribution in [0.15, 0.2) is 39.5 Å². The fraction of sp³-hybridized carbons (Fsp3) is 0.294. The first kappa shape index (κ1) is 18.2. The number of benzene rings is 1. The van der Waals surface area contributed by atoms with Crippen molar-refractivity contribution in [2.45, 2.75) is 13.3 Å². The summed E-state index contributed by atoms with van der Waals surface area (Å²) in [6, 6.07) is 8.05. The molecule has 0 unspecified atom stereocenters. The van der Waals surface area contributed by atoms with Gasteiger partial charge in [-0.25, -0.2) is 9.59 Å². The van der Waals surface area contributed by atoms with E-state index in [2.05, 4.69) is 10.6 Å². The molecule has 25 heavy (non-hydrogen) atoms. The predicted molar refractivity (Wildman–Crippen MR) is 89.1 cm³/mol. The minimum absolute atomic E-state index is 0.214. The number of fused-ring (bicyclic) bond motifs is 1. The summed E-state index contributed by atoms with van der Waals surface area (Å²) in [5.74, 6) is -1.95. The predicted octanol–water partition coefficient (Wildman–Crippen LogP) is 0.592. The van der Waals surface area contributed by atoms with Crippen molar-refractivity contribution in [3.63, 3.8) is 0 Å². The van der Waals surface area contributed by atoms with Crippen LogP contribution in [0.4, 0.5) is 0 Å². The average Bonchev–Trinajstić information content (AvgIpc) is 2.62. The lowest BCUT2D eigenvalue weighted by Crippen LogP contribution is -2.39. The molecular weight excluding hydrogens is 328 g/mol. The maximum atomic E-state index is 12.0. The normalized spacial score (nSPS) is 10.3. The molecule has 8 nitrogen and oxygen atoms in total. The Morgan fingerprint density at radius 1 is 1.12 bits per heavy atom. The molecule has 0 fully saturated rings. The summed E-state index contributed by atoms with van der Waals surface area (Å²) >= 11 is 0. The molecule has 2 rings (SSSR count). The van der Waals surface area contributed by atoms with Gasteiger partial charge in [-0.1, -0.05) is 25.1 Å². The van der Waals surface area contributed by atoms with Crippen molar-refractivity contribution < 1.29 is 23.5 Å². The van der Waals surface area contributed by atoms with Crippen molar-refractivity contribution in [1.29, 1.82) is 0 Å². The maximum absolute atomic E-state index is 12.0. The van der Waals surface area contributed by atoms with Crippen molar-refractivity contribution in [1.82, 2.24) is 10.6 Å². The molecule has 0 aliphatic rings. The molecule has 8 heteroatoms. The molecular formula is C17H18N2O6. The number of nitrogens with one attached hydrogen (secondary N) is 2. The molecule has 0 radical (unpaired) electrons. The number of amides is 2. The number of carbonyl (C=O) groups is 3. The van der Waals surface area contributed by atoms with E-state index in [1.807, 2.05) is 6.92 Å². The van der Waals surface area contributed by atoms with E-state index in [-0.39, 0.29) is 18.0 Å². The SMILES string of the molecule is CCCNC(=O)CNC(=O)COC(=O)c1cc2ccccc2oc1=O. The lowest BCUT2D eigenvalue weighted by atomic mass is 10.2. The van der Waals surface area contributed by atoms with Gasteiger partial charge in [-0.15, -0.1) is 0 Å². The highest BCUT2D eigenvalue weighted by Gasteiger charge is 2.16. The van der Waals surface area contributed by atoms with Gasteiger partial charge in [0.05, 0.1) is 6.54 Å². The monoisotopic (exact) mass is 346 g/mol. The van der Waals surface area contributed by atoms with Crippen molar-refractivity contribution >= 4 is 28.8 Å². The van der Waals surface area contributed by atoms with Crippen LogP contribution in [-0.4, -0.2) is 37.5 Å². The van der Waals surface area contributed by atoms with Crippen LogP contribution < -0.4 is 16.3 Å². The number of esters is 1. The lowest BCUT2D eigenvalue weighted by molar-refractivity contribution is -0.127. The zero-order chi connectivity index (χ0) is 18.2. The summed E-state index contributed by atoms with van der Waals surface area (Å²) < 4.78 is 9.82. The number of rotatable bonds is 7. The second-order valence-electron chi connectivity index (χ2n) is 5.19. The zero-order valence-electron chi connectivity index (χ0n) is 13.7. The van der Waals surface area contributed by atoms with Crippen molar-refractivity contribution in [3.05, 3.63) is 46.3 Å². The van der Waals surface area contributed by atoms with Gasteiger partial charge in [0.25, 0.3) is 5.91 Å². The highest BCUT2D eigenvalue weighted by Crippen LogP contribution is 2.12. The van der Waals surface area contributed by atoms with Crippen LogP contribution in [0.25, 0.3) is 11.0 Å². The van der Waals surface area contributed by atoms with E-state index in [0.717, 1.165) is 6.42 Å². The van der Waals surface area contributed by atoms with E-state index in [1.165, 1.54) is 6.07 Å². The summed E-state index contributed by atoms with van der Waals surface area (Å²) in [4.78, 5) is 46.7. The number of carbonyl (C=O) groups excluding carboxylic acids is 3. The Hall–Kier alpha value is -3.16. The van der Waals surface area contributed by atoms with Gasteiger partial charge in [0, 0.05) is 11.9 Å². The summed E-state index contributed by atoms with van der Waals surface area (Å²) in [6.07, 6.45) is 0.783. The molecule has 1 aromatic carbocycles. The third-order valence-corrected chi connectivity index (χ3v) is 3.21. The van der Waals surface area contributed by atoms with Crippen molar-refractivity contribution in [3.8, 4) is 0 Å². The van der Waals surface area contributed by atoms with Crippen LogP contribution in [-0.2, 0) is 14.3 Å². The topological polar surface area (TPSA) is 115 Å². The fourth-order valence-corrected chi connectivity index (χ4v) is 1.97. The first-order valence-electron chi connectivity index (χ1n) is 7.74. The van der Waals surface area contributed by atoms with E-state index in [1.54, 1.807) is 24.3 Å². The maximum Gasteiger partial charge on any atom is 0.351 e. The largest absolute Gasteiger partial charge is 0.452 e. The lowest BCUT2D eigenvalue weighted by Gasteiger charge is -2.07. The summed E-state index contributed by atoms with van der Waals surface area (Å²) in [6.45, 7) is 1.60. The highest BCUT2D eigenvalue weighted by molar-refractivity contribution is 5.94. The van der Waals surface area contributed by atoms with Gasteiger partial charge in [0.2, 0.25) is 5.91 Å². The quantitative estimate of drug-likeness (QED) is 0.560. The fourth-order valence-electron chi connectivity index (χ4n) is 1.97. The molecule has 0 saturated heterocycles. The number of hydrogen-bond acceptors (Lipinski definition) is 6. The van der Waals surface area contributed by atoms with Gasteiger partial charge in [-0.2, -0.15) is 0 Å². The van der Waals surface area contributed by atoms with Crippen LogP contribution in [0.1, 0.15) is 23.7 Å². The van der Waals surface area contributed by atoms with Gasteiger partial charge >= 0.3 is 11.6 Å². The van der Waals surface area contributed by atoms with Gasteiger partial charge in [0.1, 0.15) is 11.1 Å². The smallest absolute Gasteiger partial charge is 0.351 e. The Labute approximate surface area is 143 Å². The first-order valence-corrected chi connectivity index (χ1v) is 7.74. The second-order valence-corrected chi connectivity index (χ2v) is 5.19. The Morgan fingerprint density at radius 3 is 2.64 bits per heavy atom.